The predicted octanol–water partition coefficient (Wildman–Crippen LogP) is 7.58. The van der Waals surface area contributed by atoms with Gasteiger partial charge < -0.3 is 14.7 Å². The van der Waals surface area contributed by atoms with E-state index in [2.05, 4.69) is 13.8 Å². The summed E-state index contributed by atoms with van der Waals surface area (Å²) < 4.78 is 17.9. The molecule has 0 radical (unpaired) electrons. The molecule has 1 saturated heterocycles. The van der Waals surface area contributed by atoms with E-state index < -0.39 is 24.7 Å². The summed E-state index contributed by atoms with van der Waals surface area (Å²) in [5.74, 6) is -1.61. The molecule has 1 fully saturated rings. The molecular formula is C29H32Cl2FNO4. The first-order chi connectivity index (χ1) is 17.6. The predicted molar refractivity (Wildman–Crippen MR) is 146 cm³/mol. The van der Waals surface area contributed by atoms with Gasteiger partial charge in [0.05, 0.1) is 6.04 Å². The van der Waals surface area contributed by atoms with E-state index in [0.29, 0.717) is 10.0 Å². The zero-order valence-corrected chi connectivity index (χ0v) is 22.9. The van der Waals surface area contributed by atoms with Crippen molar-refractivity contribution in [1.82, 2.24) is 4.90 Å². The van der Waals surface area contributed by atoms with Crippen molar-refractivity contribution in [2.24, 2.45) is 0 Å². The maximum absolute atomic E-state index is 12.4. The Balaban J connectivity index is 0.000000365. The van der Waals surface area contributed by atoms with Gasteiger partial charge in [0, 0.05) is 10.0 Å². The van der Waals surface area contributed by atoms with Crippen LogP contribution in [0.2, 0.25) is 10.0 Å². The number of carboxylic acid groups (broad SMARTS) is 1. The molecule has 1 N–H and O–H groups in total. The highest BCUT2D eigenvalue weighted by Crippen LogP contribution is 2.41. The molecule has 1 amide bonds. The van der Waals surface area contributed by atoms with Crippen LogP contribution in [0.1, 0.15) is 54.7 Å². The Hall–Kier alpha value is -2.93. The Morgan fingerprint density at radius 3 is 2.08 bits per heavy atom. The van der Waals surface area contributed by atoms with Gasteiger partial charge in [-0.25, -0.2) is 4.39 Å². The molecule has 0 saturated carbocycles. The normalized spacial score (nSPS) is 16.7. The molecule has 0 spiro atoms. The standard InChI is InChI=1S/C19H17Cl2NO4.C7H7F.C3H8/c1-11-8-14(21)6-7-15(11)19-18(12-2-4-13(20)5-3-12)22(9-17(24)25)16(23)10-26-19;1-6-2-4-7(8)5-3-6;1-3-2/h2-8,18-19H,9-10H2,1H3,(H,24,25);2-5H,1H3;3H2,1-2H3. The van der Waals surface area contributed by atoms with Gasteiger partial charge in [0.1, 0.15) is 25.1 Å². The van der Waals surface area contributed by atoms with Crippen LogP contribution in [0.3, 0.4) is 0 Å². The Labute approximate surface area is 227 Å². The number of carbonyl (C=O) groups is 2. The van der Waals surface area contributed by atoms with Crippen LogP contribution in [0, 0.1) is 19.7 Å². The summed E-state index contributed by atoms with van der Waals surface area (Å²) in [6, 6.07) is 18.2. The van der Waals surface area contributed by atoms with Crippen molar-refractivity contribution in [2.75, 3.05) is 13.2 Å². The second-order valence-electron chi connectivity index (χ2n) is 8.65. The first-order valence-electron chi connectivity index (χ1n) is 11.9. The molecule has 4 rings (SSSR count). The number of halogens is 3. The number of carbonyl (C=O) groups excluding carboxylic acids is 1. The van der Waals surface area contributed by atoms with Gasteiger partial charge in [0.2, 0.25) is 5.91 Å². The molecule has 3 aromatic carbocycles. The molecule has 2 unspecified atom stereocenters. The number of aryl methyl sites for hydroxylation is 2. The second kappa shape index (κ2) is 14.7. The molecule has 198 valence electrons. The average molecular weight is 548 g/mol. The van der Waals surface area contributed by atoms with E-state index in [1.54, 1.807) is 42.5 Å². The fraction of sp³-hybridized carbons (Fsp3) is 0.310. The van der Waals surface area contributed by atoms with Crippen molar-refractivity contribution in [3.05, 3.63) is 105 Å². The van der Waals surface area contributed by atoms with Crippen molar-refractivity contribution in [2.45, 2.75) is 46.3 Å². The Morgan fingerprint density at radius 2 is 1.57 bits per heavy atom. The monoisotopic (exact) mass is 547 g/mol. The van der Waals surface area contributed by atoms with Crippen LogP contribution in [0.5, 0.6) is 0 Å². The molecule has 1 aliphatic rings. The van der Waals surface area contributed by atoms with Gasteiger partial charge in [-0.05, 0) is 66.9 Å². The van der Waals surface area contributed by atoms with Gasteiger partial charge in [-0.3, -0.25) is 9.59 Å². The van der Waals surface area contributed by atoms with E-state index in [1.807, 2.05) is 26.0 Å². The fourth-order valence-electron chi connectivity index (χ4n) is 3.75. The summed E-state index contributed by atoms with van der Waals surface area (Å²) in [5.41, 5.74) is 3.61. The zero-order chi connectivity index (χ0) is 27.5. The number of aliphatic carboxylic acids is 1. The first-order valence-corrected chi connectivity index (χ1v) is 12.7. The van der Waals surface area contributed by atoms with Gasteiger partial charge in [0.15, 0.2) is 0 Å². The SMILES string of the molecule is CCC.Cc1cc(Cl)ccc1C1OCC(=O)N(CC(=O)O)C1c1ccc(Cl)cc1.Cc1ccc(F)cc1. The minimum atomic E-state index is -1.08. The number of carboxylic acids is 1. The van der Waals surface area contributed by atoms with Crippen LogP contribution >= 0.6 is 23.2 Å². The molecule has 1 aliphatic heterocycles. The van der Waals surface area contributed by atoms with Gasteiger partial charge >= 0.3 is 5.97 Å². The molecule has 0 aromatic heterocycles. The Bertz CT molecular complexity index is 1150. The first kappa shape index (κ1) is 30.3. The van der Waals surface area contributed by atoms with Crippen LogP contribution < -0.4 is 0 Å². The third-order valence-electron chi connectivity index (χ3n) is 5.40. The van der Waals surface area contributed by atoms with E-state index >= 15 is 0 Å². The summed E-state index contributed by atoms with van der Waals surface area (Å²) in [7, 11) is 0. The number of amides is 1. The van der Waals surface area contributed by atoms with Crippen LogP contribution in [0.25, 0.3) is 0 Å². The molecule has 3 aromatic rings. The lowest BCUT2D eigenvalue weighted by molar-refractivity contribution is -0.164. The highest BCUT2D eigenvalue weighted by molar-refractivity contribution is 6.30. The number of ether oxygens (including phenoxy) is 1. The number of hydrogen-bond donors (Lipinski definition) is 1. The maximum Gasteiger partial charge on any atom is 0.323 e. The van der Waals surface area contributed by atoms with E-state index in [0.717, 1.165) is 22.3 Å². The number of nitrogens with zero attached hydrogens (tertiary/aromatic N) is 1. The van der Waals surface area contributed by atoms with Crippen LogP contribution in [0.4, 0.5) is 4.39 Å². The molecule has 8 heteroatoms. The summed E-state index contributed by atoms with van der Waals surface area (Å²) in [5, 5.41) is 10.4. The lowest BCUT2D eigenvalue weighted by atomic mass is 9.90. The quantitative estimate of drug-likeness (QED) is 0.365. The molecule has 0 bridgehead atoms. The van der Waals surface area contributed by atoms with Crippen molar-refractivity contribution >= 4 is 35.1 Å². The van der Waals surface area contributed by atoms with Gasteiger partial charge in [-0.1, -0.05) is 79.4 Å². The third-order valence-corrected chi connectivity index (χ3v) is 5.88. The van der Waals surface area contributed by atoms with E-state index in [4.69, 9.17) is 27.9 Å². The highest BCUT2D eigenvalue weighted by atomic mass is 35.5. The van der Waals surface area contributed by atoms with Crippen LogP contribution in [0.15, 0.2) is 66.7 Å². The molecule has 5 nitrogen and oxygen atoms in total. The average Bonchev–Trinajstić information content (AvgIpc) is 2.84. The summed E-state index contributed by atoms with van der Waals surface area (Å²) in [6.07, 6.45) is 0.741. The van der Waals surface area contributed by atoms with Gasteiger partial charge in [-0.2, -0.15) is 0 Å². The minimum absolute atomic E-state index is 0.171. The summed E-state index contributed by atoms with van der Waals surface area (Å²) >= 11 is 12.0. The van der Waals surface area contributed by atoms with Crippen molar-refractivity contribution in [3.63, 3.8) is 0 Å². The van der Waals surface area contributed by atoms with Crippen LogP contribution in [-0.2, 0) is 14.3 Å². The molecule has 37 heavy (non-hydrogen) atoms. The fourth-order valence-corrected chi connectivity index (χ4v) is 4.10. The zero-order valence-electron chi connectivity index (χ0n) is 21.4. The number of morpholine rings is 1. The van der Waals surface area contributed by atoms with Crippen molar-refractivity contribution < 1.29 is 23.8 Å². The topological polar surface area (TPSA) is 66.8 Å². The largest absolute Gasteiger partial charge is 0.480 e. The lowest BCUT2D eigenvalue weighted by Gasteiger charge is -2.41. The molecule has 2 atom stereocenters. The minimum Gasteiger partial charge on any atom is -0.480 e. The van der Waals surface area contributed by atoms with Gasteiger partial charge in [0.25, 0.3) is 0 Å². The Kier molecular flexibility index (Phi) is 12.1. The van der Waals surface area contributed by atoms with Crippen LogP contribution in [-0.4, -0.2) is 35.0 Å². The van der Waals surface area contributed by atoms with Crippen molar-refractivity contribution in [1.29, 1.82) is 0 Å². The van der Waals surface area contributed by atoms with E-state index in [9.17, 15) is 19.1 Å². The Morgan fingerprint density at radius 1 is 1.00 bits per heavy atom. The number of benzene rings is 3. The van der Waals surface area contributed by atoms with E-state index in [1.165, 1.54) is 23.5 Å². The number of hydrogen-bond acceptors (Lipinski definition) is 3. The summed E-state index contributed by atoms with van der Waals surface area (Å²) in [4.78, 5) is 25.1. The maximum atomic E-state index is 12.4. The van der Waals surface area contributed by atoms with Gasteiger partial charge in [-0.15, -0.1) is 0 Å². The summed E-state index contributed by atoms with van der Waals surface area (Å²) in [6.45, 7) is 7.50. The molecular weight excluding hydrogens is 516 g/mol. The smallest absolute Gasteiger partial charge is 0.323 e. The van der Waals surface area contributed by atoms with Crippen molar-refractivity contribution in [3.8, 4) is 0 Å². The lowest BCUT2D eigenvalue weighted by Crippen LogP contribution is -2.47. The third kappa shape index (κ3) is 9.15. The second-order valence-corrected chi connectivity index (χ2v) is 9.52. The molecule has 0 aliphatic carbocycles. The molecule has 1 heterocycles. The van der Waals surface area contributed by atoms with E-state index in [-0.39, 0.29) is 18.3 Å². The number of rotatable bonds is 4. The highest BCUT2D eigenvalue weighted by Gasteiger charge is 2.40.